The first-order valence-corrected chi connectivity index (χ1v) is 6.18. The Morgan fingerprint density at radius 3 is 2.82 bits per heavy atom. The van der Waals surface area contributed by atoms with Gasteiger partial charge >= 0.3 is 5.97 Å². The molecule has 0 bridgehead atoms. The van der Waals surface area contributed by atoms with Crippen LogP contribution in [0.25, 0.3) is 0 Å². The molecule has 1 aromatic rings. The van der Waals surface area contributed by atoms with Crippen molar-refractivity contribution in [2.75, 3.05) is 13.1 Å². The Hall–Kier alpha value is -1.06. The molecule has 1 heterocycles. The predicted octanol–water partition coefficient (Wildman–Crippen LogP) is 2.81. The fraction of sp³-hybridized carbons (Fsp3) is 0.462. The molecule has 1 N–H and O–H groups in total. The van der Waals surface area contributed by atoms with E-state index in [1.165, 1.54) is 0 Å². The number of benzene rings is 1. The Labute approximate surface area is 106 Å². The summed E-state index contributed by atoms with van der Waals surface area (Å²) in [7, 11) is 0. The quantitative estimate of drug-likeness (QED) is 0.901. The molecule has 0 radical (unpaired) electrons. The first kappa shape index (κ1) is 12.4. The van der Waals surface area contributed by atoms with E-state index in [1.807, 2.05) is 24.3 Å². The van der Waals surface area contributed by atoms with Crippen LogP contribution in [-0.4, -0.2) is 29.1 Å². The second-order valence-corrected chi connectivity index (χ2v) is 4.92. The maximum Gasteiger partial charge on any atom is 0.307 e. The smallest absolute Gasteiger partial charge is 0.307 e. The highest BCUT2D eigenvalue weighted by Gasteiger charge is 2.31. The number of nitrogens with zero attached hydrogens (tertiary/aromatic N) is 1. The third-order valence-electron chi connectivity index (χ3n) is 3.47. The first-order chi connectivity index (χ1) is 8.09. The van der Waals surface area contributed by atoms with Crippen LogP contribution in [0.5, 0.6) is 0 Å². The normalized spacial score (nSPS) is 22.6. The minimum atomic E-state index is -0.696. The van der Waals surface area contributed by atoms with Crippen molar-refractivity contribution >= 4 is 17.6 Å². The van der Waals surface area contributed by atoms with Gasteiger partial charge in [0.25, 0.3) is 0 Å². The lowest BCUT2D eigenvalue weighted by Gasteiger charge is -2.25. The minimum Gasteiger partial charge on any atom is -0.481 e. The van der Waals surface area contributed by atoms with Crippen LogP contribution in [0.2, 0.25) is 5.02 Å². The average Bonchev–Trinajstić information content (AvgIpc) is 2.78. The molecule has 17 heavy (non-hydrogen) atoms. The number of carboxylic acid groups (broad SMARTS) is 1. The van der Waals surface area contributed by atoms with Crippen LogP contribution >= 0.6 is 11.6 Å². The maximum atomic E-state index is 10.9. The Kier molecular flexibility index (Phi) is 3.69. The SMILES string of the molecule is C[C@H](c1ccccc1Cl)N1CC[C@H](C(=O)O)C1. The van der Waals surface area contributed by atoms with Crippen molar-refractivity contribution in [1.82, 2.24) is 4.90 Å². The van der Waals surface area contributed by atoms with Gasteiger partial charge in [-0.2, -0.15) is 0 Å². The molecule has 1 saturated heterocycles. The zero-order chi connectivity index (χ0) is 12.4. The van der Waals surface area contributed by atoms with Gasteiger partial charge in [0.1, 0.15) is 0 Å². The highest BCUT2D eigenvalue weighted by atomic mass is 35.5. The third kappa shape index (κ3) is 2.61. The molecule has 1 fully saturated rings. The van der Waals surface area contributed by atoms with Gasteiger partial charge in [0.2, 0.25) is 0 Å². The molecule has 0 spiro atoms. The summed E-state index contributed by atoms with van der Waals surface area (Å²) in [6.45, 7) is 3.51. The van der Waals surface area contributed by atoms with Crippen molar-refractivity contribution in [1.29, 1.82) is 0 Å². The summed E-state index contributed by atoms with van der Waals surface area (Å²) >= 11 is 6.15. The number of carboxylic acids is 1. The summed E-state index contributed by atoms with van der Waals surface area (Å²) in [5.74, 6) is -0.932. The fourth-order valence-electron chi connectivity index (χ4n) is 2.35. The van der Waals surface area contributed by atoms with Crippen LogP contribution in [0, 0.1) is 5.92 Å². The molecule has 0 amide bonds. The highest BCUT2D eigenvalue weighted by Crippen LogP contribution is 2.31. The van der Waals surface area contributed by atoms with Crippen LogP contribution in [0.15, 0.2) is 24.3 Å². The Bertz CT molecular complexity index is 422. The first-order valence-electron chi connectivity index (χ1n) is 5.81. The number of halogens is 1. The van der Waals surface area contributed by atoms with Crippen molar-refractivity contribution in [3.8, 4) is 0 Å². The van der Waals surface area contributed by atoms with E-state index in [4.69, 9.17) is 16.7 Å². The molecule has 3 nitrogen and oxygen atoms in total. The predicted molar refractivity (Wildman–Crippen MR) is 67.2 cm³/mol. The van der Waals surface area contributed by atoms with Crippen LogP contribution in [-0.2, 0) is 4.79 Å². The van der Waals surface area contributed by atoms with E-state index in [-0.39, 0.29) is 12.0 Å². The van der Waals surface area contributed by atoms with Gasteiger partial charge in [-0.1, -0.05) is 29.8 Å². The summed E-state index contributed by atoms with van der Waals surface area (Å²) in [6, 6.07) is 7.91. The van der Waals surface area contributed by atoms with E-state index >= 15 is 0 Å². The zero-order valence-electron chi connectivity index (χ0n) is 9.77. The third-order valence-corrected chi connectivity index (χ3v) is 3.82. The van der Waals surface area contributed by atoms with Crippen LogP contribution in [0.1, 0.15) is 24.9 Å². The number of hydrogen-bond donors (Lipinski definition) is 1. The molecule has 0 unspecified atom stereocenters. The van der Waals surface area contributed by atoms with E-state index in [0.29, 0.717) is 6.54 Å². The van der Waals surface area contributed by atoms with Gasteiger partial charge < -0.3 is 5.11 Å². The summed E-state index contributed by atoms with van der Waals surface area (Å²) in [4.78, 5) is 13.1. The second-order valence-electron chi connectivity index (χ2n) is 4.52. The monoisotopic (exact) mass is 253 g/mol. The molecular weight excluding hydrogens is 238 g/mol. The van der Waals surface area contributed by atoms with Crippen LogP contribution in [0.3, 0.4) is 0 Å². The summed E-state index contributed by atoms with van der Waals surface area (Å²) in [5, 5.41) is 9.73. The number of likely N-dealkylation sites (tertiary alicyclic amines) is 1. The van der Waals surface area contributed by atoms with Crippen molar-refractivity contribution in [3.63, 3.8) is 0 Å². The summed E-state index contributed by atoms with van der Waals surface area (Å²) < 4.78 is 0. The average molecular weight is 254 g/mol. The summed E-state index contributed by atoms with van der Waals surface area (Å²) in [6.07, 6.45) is 0.726. The van der Waals surface area contributed by atoms with E-state index in [0.717, 1.165) is 23.6 Å². The molecule has 0 saturated carbocycles. The number of hydrogen-bond acceptors (Lipinski definition) is 2. The molecule has 2 rings (SSSR count). The van der Waals surface area contributed by atoms with Crippen LogP contribution in [0.4, 0.5) is 0 Å². The van der Waals surface area contributed by atoms with E-state index in [2.05, 4.69) is 11.8 Å². The minimum absolute atomic E-state index is 0.174. The number of rotatable bonds is 3. The highest BCUT2D eigenvalue weighted by molar-refractivity contribution is 6.31. The van der Waals surface area contributed by atoms with Crippen LogP contribution < -0.4 is 0 Å². The van der Waals surface area contributed by atoms with Crippen molar-refractivity contribution < 1.29 is 9.90 Å². The molecule has 1 aliphatic rings. The maximum absolute atomic E-state index is 10.9. The van der Waals surface area contributed by atoms with Gasteiger partial charge in [0, 0.05) is 17.6 Å². The van der Waals surface area contributed by atoms with Crippen molar-refractivity contribution in [3.05, 3.63) is 34.9 Å². The molecule has 4 heteroatoms. The van der Waals surface area contributed by atoms with E-state index in [9.17, 15) is 4.79 Å². The molecule has 1 aromatic carbocycles. The molecule has 92 valence electrons. The van der Waals surface area contributed by atoms with Gasteiger partial charge in [-0.3, -0.25) is 9.69 Å². The Balaban J connectivity index is 2.09. The standard InChI is InChI=1S/C13H16ClNO2/c1-9(11-4-2-3-5-12(11)14)15-7-6-10(8-15)13(16)17/h2-5,9-10H,6-8H2,1H3,(H,16,17)/t9-,10+/m1/s1. The number of carbonyl (C=O) groups is 1. The van der Waals surface area contributed by atoms with Gasteiger partial charge in [-0.05, 0) is 31.5 Å². The second kappa shape index (κ2) is 5.07. The lowest BCUT2D eigenvalue weighted by atomic mass is 10.1. The summed E-state index contributed by atoms with van der Waals surface area (Å²) in [5.41, 5.74) is 1.07. The Morgan fingerprint density at radius 2 is 2.24 bits per heavy atom. The van der Waals surface area contributed by atoms with Gasteiger partial charge in [-0.25, -0.2) is 0 Å². The van der Waals surface area contributed by atoms with Crippen molar-refractivity contribution in [2.24, 2.45) is 5.92 Å². The van der Waals surface area contributed by atoms with Gasteiger partial charge in [0.05, 0.1) is 5.92 Å². The zero-order valence-corrected chi connectivity index (χ0v) is 10.5. The lowest BCUT2D eigenvalue weighted by Crippen LogP contribution is -2.26. The lowest BCUT2D eigenvalue weighted by molar-refractivity contribution is -0.141. The number of aliphatic carboxylic acids is 1. The molecule has 0 aliphatic carbocycles. The molecule has 1 aliphatic heterocycles. The molecule has 2 atom stereocenters. The van der Waals surface area contributed by atoms with Crippen molar-refractivity contribution in [2.45, 2.75) is 19.4 Å². The largest absolute Gasteiger partial charge is 0.481 e. The van der Waals surface area contributed by atoms with Gasteiger partial charge in [-0.15, -0.1) is 0 Å². The van der Waals surface area contributed by atoms with Gasteiger partial charge in [0.15, 0.2) is 0 Å². The Morgan fingerprint density at radius 1 is 1.53 bits per heavy atom. The van der Waals surface area contributed by atoms with E-state index < -0.39 is 5.97 Å². The fourth-order valence-corrected chi connectivity index (χ4v) is 2.64. The molecule has 0 aromatic heterocycles. The van der Waals surface area contributed by atoms with E-state index in [1.54, 1.807) is 0 Å². The topological polar surface area (TPSA) is 40.5 Å². The molecular formula is C13H16ClNO2.